The van der Waals surface area contributed by atoms with Crippen molar-refractivity contribution in [1.29, 1.82) is 0 Å². The molecule has 2 nitrogen and oxygen atoms in total. The highest BCUT2D eigenvalue weighted by Crippen LogP contribution is 2.36. The molecule has 0 aliphatic rings. The fourth-order valence-electron chi connectivity index (χ4n) is 2.13. The average Bonchev–Trinajstić information content (AvgIpc) is 2.94. The van der Waals surface area contributed by atoms with Crippen LogP contribution in [0.3, 0.4) is 0 Å². The first-order valence-electron chi connectivity index (χ1n) is 6.33. The normalized spacial score (nSPS) is 11.6. The minimum atomic E-state index is -4.49. The van der Waals surface area contributed by atoms with Gasteiger partial charge in [-0.3, -0.25) is 0 Å². The number of nitrogens with zero attached hydrogens (tertiary/aromatic N) is 2. The van der Waals surface area contributed by atoms with Gasteiger partial charge in [0.2, 0.25) is 0 Å². The molecule has 0 bridgehead atoms. The van der Waals surface area contributed by atoms with E-state index in [2.05, 4.69) is 5.10 Å². The molecule has 0 saturated heterocycles. The second-order valence-electron chi connectivity index (χ2n) is 4.54. The van der Waals surface area contributed by atoms with Crippen LogP contribution in [0.5, 0.6) is 0 Å². The van der Waals surface area contributed by atoms with Gasteiger partial charge in [-0.1, -0.05) is 48.5 Å². The summed E-state index contributed by atoms with van der Waals surface area (Å²) in [6.45, 7) is 0. The molecule has 0 saturated carbocycles. The van der Waals surface area contributed by atoms with Gasteiger partial charge in [-0.2, -0.15) is 18.3 Å². The first-order chi connectivity index (χ1) is 10.1. The van der Waals surface area contributed by atoms with Gasteiger partial charge >= 0.3 is 6.18 Å². The van der Waals surface area contributed by atoms with E-state index in [4.69, 9.17) is 0 Å². The second kappa shape index (κ2) is 5.09. The summed E-state index contributed by atoms with van der Waals surface area (Å²) in [5.74, 6) is 0. The lowest BCUT2D eigenvalue weighted by molar-refractivity contribution is -0.140. The quantitative estimate of drug-likeness (QED) is 0.676. The van der Waals surface area contributed by atoms with Crippen molar-refractivity contribution in [2.24, 2.45) is 0 Å². The number of hydrogen-bond acceptors (Lipinski definition) is 1. The van der Waals surface area contributed by atoms with Gasteiger partial charge in [-0.25, -0.2) is 4.68 Å². The van der Waals surface area contributed by atoms with Crippen LogP contribution >= 0.6 is 0 Å². The number of rotatable bonds is 2. The Bertz CT molecular complexity index is 731. The Hall–Kier alpha value is -2.56. The molecule has 0 fully saturated rings. The molecule has 5 heteroatoms. The van der Waals surface area contributed by atoms with Crippen LogP contribution < -0.4 is 0 Å². The number of benzene rings is 2. The molecule has 21 heavy (non-hydrogen) atoms. The van der Waals surface area contributed by atoms with E-state index in [1.807, 2.05) is 0 Å². The van der Waals surface area contributed by atoms with E-state index in [-0.39, 0.29) is 5.56 Å². The summed E-state index contributed by atoms with van der Waals surface area (Å²) in [5.41, 5.74) is 0.279. The van der Waals surface area contributed by atoms with E-state index in [0.717, 1.165) is 0 Å². The largest absolute Gasteiger partial charge is 0.435 e. The fraction of sp³-hybridized carbons (Fsp3) is 0.0625. The van der Waals surface area contributed by atoms with Gasteiger partial charge in [0.05, 0.1) is 5.69 Å². The lowest BCUT2D eigenvalue weighted by Crippen LogP contribution is -2.08. The Balaban J connectivity index is 2.17. The van der Waals surface area contributed by atoms with Crippen LogP contribution in [-0.4, -0.2) is 9.78 Å². The van der Waals surface area contributed by atoms with Crippen LogP contribution in [-0.2, 0) is 6.18 Å². The monoisotopic (exact) mass is 288 g/mol. The molecule has 0 spiro atoms. The van der Waals surface area contributed by atoms with E-state index < -0.39 is 11.9 Å². The van der Waals surface area contributed by atoms with E-state index in [1.165, 1.54) is 10.9 Å². The van der Waals surface area contributed by atoms with Gasteiger partial charge < -0.3 is 0 Å². The van der Waals surface area contributed by atoms with Gasteiger partial charge in [-0.15, -0.1) is 0 Å². The highest BCUT2D eigenvalue weighted by Gasteiger charge is 2.37. The van der Waals surface area contributed by atoms with Crippen molar-refractivity contribution in [3.05, 3.63) is 72.6 Å². The maximum absolute atomic E-state index is 13.2. The molecule has 1 aromatic heterocycles. The lowest BCUT2D eigenvalue weighted by Gasteiger charge is -2.05. The van der Waals surface area contributed by atoms with Gasteiger partial charge in [-0.05, 0) is 17.7 Å². The minimum Gasteiger partial charge on any atom is -0.240 e. The molecule has 0 N–H and O–H groups in total. The van der Waals surface area contributed by atoms with Crippen LogP contribution in [0.15, 0.2) is 66.9 Å². The smallest absolute Gasteiger partial charge is 0.240 e. The molecule has 0 atom stereocenters. The molecule has 3 rings (SSSR count). The van der Waals surface area contributed by atoms with Crippen molar-refractivity contribution < 1.29 is 13.2 Å². The molecule has 0 aliphatic heterocycles. The zero-order valence-electron chi connectivity index (χ0n) is 10.9. The first-order valence-corrected chi connectivity index (χ1v) is 6.33. The molecule has 1 heterocycles. The highest BCUT2D eigenvalue weighted by atomic mass is 19.4. The predicted octanol–water partition coefficient (Wildman–Crippen LogP) is 4.56. The molecule has 106 valence electrons. The third-order valence-corrected chi connectivity index (χ3v) is 3.09. The van der Waals surface area contributed by atoms with Gasteiger partial charge in [0.1, 0.15) is 0 Å². The highest BCUT2D eigenvalue weighted by molar-refractivity contribution is 5.66. The van der Waals surface area contributed by atoms with Crippen LogP contribution in [0.1, 0.15) is 5.69 Å². The zero-order chi connectivity index (χ0) is 14.9. The Kier molecular flexibility index (Phi) is 3.25. The average molecular weight is 288 g/mol. The third-order valence-electron chi connectivity index (χ3n) is 3.09. The number of aromatic nitrogens is 2. The first kappa shape index (κ1) is 13.4. The Morgan fingerprint density at radius 2 is 1.38 bits per heavy atom. The van der Waals surface area contributed by atoms with Gasteiger partial charge in [0, 0.05) is 11.8 Å². The molecule has 0 aliphatic carbocycles. The van der Waals surface area contributed by atoms with Crippen LogP contribution in [0.2, 0.25) is 0 Å². The van der Waals surface area contributed by atoms with Crippen LogP contribution in [0, 0.1) is 0 Å². The number of alkyl halides is 3. The van der Waals surface area contributed by atoms with Crippen molar-refractivity contribution in [2.75, 3.05) is 0 Å². The predicted molar refractivity (Wildman–Crippen MR) is 74.0 cm³/mol. The summed E-state index contributed by atoms with van der Waals surface area (Å²) in [6.07, 6.45) is -3.08. The molecule has 0 amide bonds. The van der Waals surface area contributed by atoms with Crippen molar-refractivity contribution >= 4 is 0 Å². The molecular weight excluding hydrogens is 277 g/mol. The Morgan fingerprint density at radius 1 is 0.810 bits per heavy atom. The summed E-state index contributed by atoms with van der Waals surface area (Å²) in [6, 6.07) is 17.2. The van der Waals surface area contributed by atoms with Crippen molar-refractivity contribution in [3.8, 4) is 16.8 Å². The number of para-hydroxylation sites is 1. The van der Waals surface area contributed by atoms with E-state index in [9.17, 15) is 13.2 Å². The third kappa shape index (κ3) is 2.67. The summed E-state index contributed by atoms with van der Waals surface area (Å²) in [5, 5.41) is 3.72. The summed E-state index contributed by atoms with van der Waals surface area (Å²) in [7, 11) is 0. The Labute approximate surface area is 119 Å². The number of halogens is 3. The van der Waals surface area contributed by atoms with E-state index >= 15 is 0 Å². The Morgan fingerprint density at radius 3 is 1.95 bits per heavy atom. The minimum absolute atomic E-state index is 0.0759. The SMILES string of the molecule is FC(F)(F)c1nn(-c2ccccc2)cc1-c1ccccc1. The molecule has 0 radical (unpaired) electrons. The van der Waals surface area contributed by atoms with E-state index in [1.54, 1.807) is 60.7 Å². The van der Waals surface area contributed by atoms with E-state index in [0.29, 0.717) is 11.3 Å². The fourth-order valence-corrected chi connectivity index (χ4v) is 2.13. The maximum Gasteiger partial charge on any atom is 0.435 e. The van der Waals surface area contributed by atoms with Gasteiger partial charge in [0.25, 0.3) is 0 Å². The topological polar surface area (TPSA) is 17.8 Å². The molecule has 3 aromatic rings. The van der Waals surface area contributed by atoms with Crippen molar-refractivity contribution in [1.82, 2.24) is 9.78 Å². The van der Waals surface area contributed by atoms with Crippen molar-refractivity contribution in [3.63, 3.8) is 0 Å². The second-order valence-corrected chi connectivity index (χ2v) is 4.54. The summed E-state index contributed by atoms with van der Waals surface area (Å²) >= 11 is 0. The standard InChI is InChI=1S/C16H11F3N2/c17-16(18,19)15-14(12-7-3-1-4-8-12)11-21(20-15)13-9-5-2-6-10-13/h1-11H. The van der Waals surface area contributed by atoms with Crippen LogP contribution in [0.25, 0.3) is 16.8 Å². The molecule has 0 unspecified atom stereocenters. The maximum atomic E-state index is 13.2. The molecule has 2 aromatic carbocycles. The summed E-state index contributed by atoms with van der Waals surface area (Å²) < 4.78 is 40.8. The van der Waals surface area contributed by atoms with Crippen LogP contribution in [0.4, 0.5) is 13.2 Å². The zero-order valence-corrected chi connectivity index (χ0v) is 10.9. The van der Waals surface area contributed by atoms with Gasteiger partial charge in [0.15, 0.2) is 5.69 Å². The van der Waals surface area contributed by atoms with Crippen molar-refractivity contribution in [2.45, 2.75) is 6.18 Å². The molecular formula is C16H11F3N2. The summed E-state index contributed by atoms with van der Waals surface area (Å²) in [4.78, 5) is 0. The lowest BCUT2D eigenvalue weighted by atomic mass is 10.1. The number of hydrogen-bond donors (Lipinski definition) is 0.